The molecular weight excluding hydrogens is 328 g/mol. The molecule has 0 saturated carbocycles. The maximum Gasteiger partial charge on any atom is 0.159 e. The number of ketones is 2. The summed E-state index contributed by atoms with van der Waals surface area (Å²) in [6.45, 7) is 3.06. The summed E-state index contributed by atoms with van der Waals surface area (Å²) in [4.78, 5) is 31.2. The lowest BCUT2D eigenvalue weighted by Crippen LogP contribution is -2.00. The number of nitrogens with zero attached hydrogens (tertiary/aromatic N) is 2. The second kappa shape index (κ2) is 7.57. The molecule has 2 N–H and O–H groups in total. The Labute approximate surface area is 151 Å². The van der Waals surface area contributed by atoms with Gasteiger partial charge in [-0.15, -0.1) is 0 Å². The van der Waals surface area contributed by atoms with Gasteiger partial charge in [-0.1, -0.05) is 12.1 Å². The number of carbonyl (C=O) groups excluding carboxylic acids is 2. The molecular formula is C20H18N4O2. The van der Waals surface area contributed by atoms with Gasteiger partial charge in [0.1, 0.15) is 18.0 Å². The maximum atomic E-state index is 11.5. The number of carbonyl (C=O) groups is 2. The van der Waals surface area contributed by atoms with Crippen LogP contribution in [-0.4, -0.2) is 21.5 Å². The molecule has 0 atom stereocenters. The van der Waals surface area contributed by atoms with E-state index in [1.165, 1.54) is 20.2 Å². The number of rotatable bonds is 6. The lowest BCUT2D eigenvalue weighted by molar-refractivity contribution is 0.100. The minimum Gasteiger partial charge on any atom is -0.340 e. The first kappa shape index (κ1) is 17.3. The molecule has 0 aliphatic heterocycles. The molecule has 0 unspecified atom stereocenters. The van der Waals surface area contributed by atoms with E-state index in [4.69, 9.17) is 0 Å². The fraction of sp³-hybridized carbons (Fsp3) is 0.100. The Hall–Kier alpha value is -3.54. The molecule has 1 aromatic heterocycles. The van der Waals surface area contributed by atoms with Crippen molar-refractivity contribution in [3.8, 4) is 0 Å². The third-order valence-corrected chi connectivity index (χ3v) is 3.77. The smallest absolute Gasteiger partial charge is 0.159 e. The summed E-state index contributed by atoms with van der Waals surface area (Å²) in [5, 5.41) is 6.33. The second-order valence-corrected chi connectivity index (χ2v) is 5.81. The fourth-order valence-corrected chi connectivity index (χ4v) is 2.39. The molecule has 0 bridgehead atoms. The van der Waals surface area contributed by atoms with Crippen LogP contribution in [0, 0.1) is 0 Å². The summed E-state index contributed by atoms with van der Waals surface area (Å²) in [5.74, 6) is 1.25. The van der Waals surface area contributed by atoms with Gasteiger partial charge in [-0.05, 0) is 50.2 Å². The van der Waals surface area contributed by atoms with Crippen LogP contribution in [0.4, 0.5) is 23.0 Å². The Kier molecular flexibility index (Phi) is 5.03. The van der Waals surface area contributed by atoms with E-state index >= 15 is 0 Å². The Balaban J connectivity index is 1.75. The third kappa shape index (κ3) is 4.30. The van der Waals surface area contributed by atoms with Crippen LogP contribution < -0.4 is 10.6 Å². The molecule has 6 heteroatoms. The molecule has 0 amide bonds. The standard InChI is InChI=1S/C20H18N4O2/c1-13(25)15-6-8-17(9-7-15)23-19-11-20(22-12-21-19)24-18-5-3-4-16(10-18)14(2)26/h3-12H,1-2H3,(H2,21,22,23,24). The van der Waals surface area contributed by atoms with Gasteiger partial charge in [0.15, 0.2) is 11.6 Å². The zero-order valence-corrected chi connectivity index (χ0v) is 14.5. The zero-order chi connectivity index (χ0) is 18.5. The predicted octanol–water partition coefficient (Wildman–Crippen LogP) is 4.37. The monoisotopic (exact) mass is 346 g/mol. The number of nitrogens with one attached hydrogen (secondary N) is 2. The third-order valence-electron chi connectivity index (χ3n) is 3.77. The Morgan fingerprint density at radius 1 is 0.731 bits per heavy atom. The first-order valence-electron chi connectivity index (χ1n) is 8.09. The fourth-order valence-electron chi connectivity index (χ4n) is 2.39. The van der Waals surface area contributed by atoms with E-state index in [-0.39, 0.29) is 11.6 Å². The highest BCUT2D eigenvalue weighted by Crippen LogP contribution is 2.20. The second-order valence-electron chi connectivity index (χ2n) is 5.81. The lowest BCUT2D eigenvalue weighted by Gasteiger charge is -2.09. The van der Waals surface area contributed by atoms with Gasteiger partial charge in [0.05, 0.1) is 0 Å². The van der Waals surface area contributed by atoms with Crippen molar-refractivity contribution in [3.05, 3.63) is 72.1 Å². The highest BCUT2D eigenvalue weighted by Gasteiger charge is 2.04. The van der Waals surface area contributed by atoms with Crippen LogP contribution in [0.25, 0.3) is 0 Å². The normalized spacial score (nSPS) is 10.2. The van der Waals surface area contributed by atoms with Crippen LogP contribution in [0.1, 0.15) is 34.6 Å². The Morgan fingerprint density at radius 3 is 1.96 bits per heavy atom. The summed E-state index contributed by atoms with van der Waals surface area (Å²) in [6, 6.07) is 16.2. The summed E-state index contributed by atoms with van der Waals surface area (Å²) in [6.07, 6.45) is 1.45. The molecule has 0 radical (unpaired) electrons. The van der Waals surface area contributed by atoms with Crippen LogP contribution in [-0.2, 0) is 0 Å². The molecule has 0 saturated heterocycles. The van der Waals surface area contributed by atoms with Gasteiger partial charge >= 0.3 is 0 Å². The van der Waals surface area contributed by atoms with Gasteiger partial charge in [-0.2, -0.15) is 0 Å². The van der Waals surface area contributed by atoms with E-state index in [1.54, 1.807) is 30.3 Å². The summed E-state index contributed by atoms with van der Waals surface area (Å²) >= 11 is 0. The molecule has 6 nitrogen and oxygen atoms in total. The Morgan fingerprint density at radius 2 is 1.35 bits per heavy atom. The number of benzene rings is 2. The molecule has 2 aromatic carbocycles. The summed E-state index contributed by atoms with van der Waals surface area (Å²) < 4.78 is 0. The van der Waals surface area contributed by atoms with E-state index in [1.807, 2.05) is 24.3 Å². The van der Waals surface area contributed by atoms with Crippen molar-refractivity contribution in [1.82, 2.24) is 9.97 Å². The lowest BCUT2D eigenvalue weighted by atomic mass is 10.1. The SMILES string of the molecule is CC(=O)c1ccc(Nc2cc(Nc3cccc(C(C)=O)c3)ncn2)cc1. The van der Waals surface area contributed by atoms with Gasteiger partial charge in [0.2, 0.25) is 0 Å². The number of aromatic nitrogens is 2. The van der Waals surface area contributed by atoms with Crippen molar-refractivity contribution in [2.45, 2.75) is 13.8 Å². The minimum absolute atomic E-state index is 0.00713. The first-order valence-corrected chi connectivity index (χ1v) is 8.09. The molecule has 3 rings (SSSR count). The van der Waals surface area contributed by atoms with Crippen LogP contribution in [0.5, 0.6) is 0 Å². The molecule has 0 spiro atoms. The topological polar surface area (TPSA) is 84.0 Å². The van der Waals surface area contributed by atoms with Crippen LogP contribution >= 0.6 is 0 Å². The number of hydrogen-bond donors (Lipinski definition) is 2. The van der Waals surface area contributed by atoms with Gasteiger partial charge in [-0.3, -0.25) is 9.59 Å². The molecule has 1 heterocycles. The van der Waals surface area contributed by atoms with Crippen molar-refractivity contribution >= 4 is 34.6 Å². The van der Waals surface area contributed by atoms with E-state index in [0.717, 1.165) is 11.4 Å². The highest BCUT2D eigenvalue weighted by atomic mass is 16.1. The van der Waals surface area contributed by atoms with Gasteiger partial charge in [0, 0.05) is 28.6 Å². The average Bonchev–Trinajstić information content (AvgIpc) is 2.62. The number of Topliss-reactive ketones (excluding diaryl/α,β-unsaturated/α-hetero) is 2. The largest absolute Gasteiger partial charge is 0.340 e. The van der Waals surface area contributed by atoms with E-state index in [0.29, 0.717) is 22.8 Å². The van der Waals surface area contributed by atoms with E-state index in [2.05, 4.69) is 20.6 Å². The van der Waals surface area contributed by atoms with Gasteiger partial charge in [-0.25, -0.2) is 9.97 Å². The quantitative estimate of drug-likeness (QED) is 0.645. The van der Waals surface area contributed by atoms with Crippen molar-refractivity contribution in [2.24, 2.45) is 0 Å². The molecule has 3 aromatic rings. The Bertz CT molecular complexity index is 952. The van der Waals surface area contributed by atoms with Gasteiger partial charge in [0.25, 0.3) is 0 Å². The molecule has 26 heavy (non-hydrogen) atoms. The van der Waals surface area contributed by atoms with Crippen molar-refractivity contribution in [3.63, 3.8) is 0 Å². The number of hydrogen-bond acceptors (Lipinski definition) is 6. The van der Waals surface area contributed by atoms with Gasteiger partial charge < -0.3 is 10.6 Å². The number of anilines is 4. The first-order chi connectivity index (χ1) is 12.5. The zero-order valence-electron chi connectivity index (χ0n) is 14.5. The summed E-state index contributed by atoms with van der Waals surface area (Å²) in [7, 11) is 0. The van der Waals surface area contributed by atoms with Crippen LogP contribution in [0.15, 0.2) is 60.9 Å². The van der Waals surface area contributed by atoms with E-state index < -0.39 is 0 Å². The molecule has 0 aliphatic rings. The van der Waals surface area contributed by atoms with Crippen molar-refractivity contribution < 1.29 is 9.59 Å². The molecule has 0 fully saturated rings. The van der Waals surface area contributed by atoms with E-state index in [9.17, 15) is 9.59 Å². The van der Waals surface area contributed by atoms with Crippen LogP contribution in [0.3, 0.4) is 0 Å². The highest BCUT2D eigenvalue weighted by molar-refractivity contribution is 5.95. The maximum absolute atomic E-state index is 11.5. The van der Waals surface area contributed by atoms with Crippen LogP contribution in [0.2, 0.25) is 0 Å². The predicted molar refractivity (Wildman–Crippen MR) is 101 cm³/mol. The van der Waals surface area contributed by atoms with Crippen molar-refractivity contribution in [2.75, 3.05) is 10.6 Å². The summed E-state index contributed by atoms with van der Waals surface area (Å²) in [5.41, 5.74) is 2.88. The van der Waals surface area contributed by atoms with Crippen molar-refractivity contribution in [1.29, 1.82) is 0 Å². The minimum atomic E-state index is 0.00713. The molecule has 0 aliphatic carbocycles. The molecule has 130 valence electrons. The average molecular weight is 346 g/mol.